The van der Waals surface area contributed by atoms with Gasteiger partial charge in [-0.25, -0.2) is 0 Å². The van der Waals surface area contributed by atoms with E-state index in [1.165, 1.54) is 0 Å². The summed E-state index contributed by atoms with van der Waals surface area (Å²) in [4.78, 5) is 29.2. The predicted octanol–water partition coefficient (Wildman–Crippen LogP) is 0.963. The molecule has 2 atom stereocenters. The summed E-state index contributed by atoms with van der Waals surface area (Å²) < 4.78 is 0. The van der Waals surface area contributed by atoms with Crippen molar-refractivity contribution in [1.82, 2.24) is 20.7 Å². The van der Waals surface area contributed by atoms with Gasteiger partial charge in [0.2, 0.25) is 5.91 Å². The van der Waals surface area contributed by atoms with Crippen LogP contribution in [0.15, 0.2) is 24.5 Å². The molecule has 7 heteroatoms. The molecule has 25 heavy (non-hydrogen) atoms. The third kappa shape index (κ3) is 4.99. The molecule has 2 saturated heterocycles. The lowest BCUT2D eigenvalue weighted by molar-refractivity contribution is -0.137. The van der Waals surface area contributed by atoms with E-state index < -0.39 is 5.97 Å². The van der Waals surface area contributed by atoms with Crippen LogP contribution in [0.1, 0.15) is 37.7 Å². The molecule has 0 aliphatic carbocycles. The molecule has 0 aromatic carbocycles. The van der Waals surface area contributed by atoms with Crippen LogP contribution >= 0.6 is 0 Å². The van der Waals surface area contributed by atoms with E-state index in [9.17, 15) is 9.59 Å². The number of nitrogens with one attached hydrogen (secondary N) is 2. The van der Waals surface area contributed by atoms with Gasteiger partial charge in [-0.15, -0.1) is 0 Å². The molecule has 2 fully saturated rings. The van der Waals surface area contributed by atoms with E-state index >= 15 is 0 Å². The van der Waals surface area contributed by atoms with E-state index in [1.54, 1.807) is 6.20 Å². The van der Waals surface area contributed by atoms with Crippen molar-refractivity contribution in [2.24, 2.45) is 5.92 Å². The van der Waals surface area contributed by atoms with Gasteiger partial charge in [-0.1, -0.05) is 6.07 Å². The molecule has 3 N–H and O–H groups in total. The van der Waals surface area contributed by atoms with Gasteiger partial charge in [0.15, 0.2) is 0 Å². The number of hydrogen-bond acceptors (Lipinski definition) is 5. The van der Waals surface area contributed by atoms with Crippen molar-refractivity contribution >= 4 is 11.9 Å². The Hall–Kier alpha value is -1.99. The van der Waals surface area contributed by atoms with E-state index in [-0.39, 0.29) is 18.4 Å². The molecule has 2 aliphatic rings. The molecule has 0 radical (unpaired) electrons. The molecule has 1 amide bonds. The van der Waals surface area contributed by atoms with Crippen molar-refractivity contribution in [3.8, 4) is 0 Å². The van der Waals surface area contributed by atoms with Crippen LogP contribution in [0.2, 0.25) is 0 Å². The van der Waals surface area contributed by atoms with E-state index in [4.69, 9.17) is 5.11 Å². The number of carboxylic acid groups (broad SMARTS) is 1. The molecule has 0 bridgehead atoms. The zero-order chi connectivity index (χ0) is 17.6. The minimum Gasteiger partial charge on any atom is -0.481 e. The Morgan fingerprint density at radius 1 is 1.28 bits per heavy atom. The topological polar surface area (TPSA) is 94.6 Å². The molecule has 136 valence electrons. The molecule has 7 nitrogen and oxygen atoms in total. The first kappa shape index (κ1) is 17.8. The molecule has 0 saturated carbocycles. The van der Waals surface area contributed by atoms with Crippen molar-refractivity contribution in [2.75, 3.05) is 13.1 Å². The lowest BCUT2D eigenvalue weighted by Gasteiger charge is -2.34. The first-order valence-electron chi connectivity index (χ1n) is 9.01. The number of amides is 1. The van der Waals surface area contributed by atoms with E-state index in [0.717, 1.165) is 44.3 Å². The molecule has 1 aromatic rings. The van der Waals surface area contributed by atoms with Gasteiger partial charge in [-0.3, -0.25) is 25.4 Å². The van der Waals surface area contributed by atoms with Crippen LogP contribution in [-0.2, 0) is 16.0 Å². The van der Waals surface area contributed by atoms with Gasteiger partial charge in [0, 0.05) is 44.0 Å². The number of likely N-dealkylation sites (tertiary alicyclic amines) is 1. The highest BCUT2D eigenvalue weighted by molar-refractivity contribution is 5.76. The summed E-state index contributed by atoms with van der Waals surface area (Å²) in [5, 5.41) is 8.88. The van der Waals surface area contributed by atoms with Gasteiger partial charge in [-0.05, 0) is 43.2 Å². The molecule has 1 aromatic heterocycles. The Kier molecular flexibility index (Phi) is 5.99. The fraction of sp³-hybridized carbons (Fsp3) is 0.611. The van der Waals surface area contributed by atoms with E-state index in [1.807, 2.05) is 23.2 Å². The minimum absolute atomic E-state index is 0.00152. The lowest BCUT2D eigenvalue weighted by Crippen LogP contribution is -2.44. The summed E-state index contributed by atoms with van der Waals surface area (Å²) in [5.41, 5.74) is 7.43. The molecular weight excluding hydrogens is 320 g/mol. The highest BCUT2D eigenvalue weighted by Gasteiger charge is 2.34. The number of aliphatic carboxylic acids is 1. The average molecular weight is 346 g/mol. The normalized spacial score (nSPS) is 24.4. The highest BCUT2D eigenvalue weighted by Crippen LogP contribution is 2.26. The third-order valence-electron chi connectivity index (χ3n) is 5.24. The van der Waals surface area contributed by atoms with Crippen LogP contribution in [0, 0.1) is 5.92 Å². The third-order valence-corrected chi connectivity index (χ3v) is 5.24. The number of aromatic nitrogens is 1. The lowest BCUT2D eigenvalue weighted by atomic mass is 9.87. The maximum Gasteiger partial charge on any atom is 0.304 e. The number of piperidine rings is 1. The maximum atomic E-state index is 12.4. The fourth-order valence-corrected chi connectivity index (χ4v) is 3.81. The number of pyridine rings is 1. The standard InChI is InChI=1S/C18H26N4O3/c23-17(4-3-13-2-1-7-19-12-13)22-8-5-14(6-9-22)16-10-15(20-21-16)11-18(24)25/h1-2,7,12,14-16,20-21H,3-6,8-11H2,(H,24,25). The van der Waals surface area contributed by atoms with Crippen LogP contribution in [0.3, 0.4) is 0 Å². The number of carboxylic acids is 1. The number of carbonyl (C=O) groups excluding carboxylic acids is 1. The molecule has 0 spiro atoms. The number of carbonyl (C=O) groups is 2. The Morgan fingerprint density at radius 3 is 2.76 bits per heavy atom. The van der Waals surface area contributed by atoms with Gasteiger partial charge in [0.1, 0.15) is 0 Å². The van der Waals surface area contributed by atoms with Gasteiger partial charge in [0.05, 0.1) is 6.42 Å². The minimum atomic E-state index is -0.769. The average Bonchev–Trinajstić information content (AvgIpc) is 3.08. The second-order valence-corrected chi connectivity index (χ2v) is 7.01. The van der Waals surface area contributed by atoms with E-state index in [0.29, 0.717) is 18.4 Å². The monoisotopic (exact) mass is 346 g/mol. The van der Waals surface area contributed by atoms with Gasteiger partial charge in [-0.2, -0.15) is 0 Å². The second kappa shape index (κ2) is 8.40. The first-order chi connectivity index (χ1) is 12.1. The number of aryl methyl sites for hydroxylation is 1. The summed E-state index contributed by atoms with van der Waals surface area (Å²) in [7, 11) is 0. The van der Waals surface area contributed by atoms with E-state index in [2.05, 4.69) is 15.8 Å². The number of hydrazine groups is 1. The largest absolute Gasteiger partial charge is 0.481 e. The van der Waals surface area contributed by atoms with Crippen molar-refractivity contribution in [2.45, 2.75) is 50.6 Å². The van der Waals surface area contributed by atoms with Crippen LogP contribution in [0.5, 0.6) is 0 Å². The molecular formula is C18H26N4O3. The van der Waals surface area contributed by atoms with Crippen molar-refractivity contribution in [3.63, 3.8) is 0 Å². The Bertz CT molecular complexity index is 587. The maximum absolute atomic E-state index is 12.4. The zero-order valence-electron chi connectivity index (χ0n) is 14.4. The van der Waals surface area contributed by atoms with Gasteiger partial charge >= 0.3 is 5.97 Å². The Morgan fingerprint density at radius 2 is 2.08 bits per heavy atom. The fourth-order valence-electron chi connectivity index (χ4n) is 3.81. The molecule has 3 rings (SSSR count). The van der Waals surface area contributed by atoms with Crippen molar-refractivity contribution in [3.05, 3.63) is 30.1 Å². The van der Waals surface area contributed by atoms with Gasteiger partial charge < -0.3 is 10.0 Å². The zero-order valence-corrected chi connectivity index (χ0v) is 14.4. The summed E-state index contributed by atoms with van der Waals surface area (Å²) >= 11 is 0. The number of nitrogens with zero attached hydrogens (tertiary/aromatic N) is 2. The summed E-state index contributed by atoms with van der Waals surface area (Å²) in [6.07, 6.45) is 7.74. The molecule has 3 heterocycles. The van der Waals surface area contributed by atoms with Crippen molar-refractivity contribution in [1.29, 1.82) is 0 Å². The number of rotatable bonds is 6. The van der Waals surface area contributed by atoms with Gasteiger partial charge in [0.25, 0.3) is 0 Å². The van der Waals surface area contributed by atoms with Crippen LogP contribution < -0.4 is 10.9 Å². The Balaban J connectivity index is 1.40. The smallest absolute Gasteiger partial charge is 0.304 e. The van der Waals surface area contributed by atoms with Crippen LogP contribution in [0.25, 0.3) is 0 Å². The first-order valence-corrected chi connectivity index (χ1v) is 9.01. The highest BCUT2D eigenvalue weighted by atomic mass is 16.4. The van der Waals surface area contributed by atoms with Crippen LogP contribution in [0.4, 0.5) is 0 Å². The summed E-state index contributed by atoms with van der Waals surface area (Å²) in [6.45, 7) is 1.58. The predicted molar refractivity (Wildman–Crippen MR) is 92.6 cm³/mol. The van der Waals surface area contributed by atoms with Crippen LogP contribution in [-0.4, -0.2) is 52.0 Å². The quantitative estimate of drug-likeness (QED) is 0.710. The van der Waals surface area contributed by atoms with Crippen molar-refractivity contribution < 1.29 is 14.7 Å². The summed E-state index contributed by atoms with van der Waals surface area (Å²) in [5.74, 6) is -0.0637. The molecule has 2 unspecified atom stereocenters. The second-order valence-electron chi connectivity index (χ2n) is 7.01. The molecule has 2 aliphatic heterocycles. The number of hydrogen-bond donors (Lipinski definition) is 3. The summed E-state index contributed by atoms with van der Waals surface area (Å²) in [6, 6.07) is 4.20. The SMILES string of the molecule is O=C(O)CC1CC(C2CCN(C(=O)CCc3cccnc3)CC2)NN1. The Labute approximate surface area is 147 Å².